The molecular formula is C17H21NO5. The largest absolute Gasteiger partial charge is 0.497 e. The third-order valence-corrected chi connectivity index (χ3v) is 3.63. The van der Waals surface area contributed by atoms with Crippen molar-refractivity contribution >= 4 is 17.6 Å². The summed E-state index contributed by atoms with van der Waals surface area (Å²) in [6.07, 6.45) is 6.33. The van der Waals surface area contributed by atoms with Crippen molar-refractivity contribution in [3.05, 3.63) is 30.4 Å². The highest BCUT2D eigenvalue weighted by Crippen LogP contribution is 2.29. The lowest BCUT2D eigenvalue weighted by Gasteiger charge is -2.16. The molecule has 6 heteroatoms. The molecule has 1 atom stereocenters. The molecular weight excluding hydrogens is 298 g/mol. The van der Waals surface area contributed by atoms with Crippen molar-refractivity contribution in [1.82, 2.24) is 0 Å². The number of carbonyl (C=O) groups excluding carboxylic acids is 2. The third-order valence-electron chi connectivity index (χ3n) is 3.63. The summed E-state index contributed by atoms with van der Waals surface area (Å²) in [5, 5.41) is 2.66. The number of benzene rings is 1. The maximum atomic E-state index is 11.9. The summed E-state index contributed by atoms with van der Waals surface area (Å²) < 4.78 is 15.4. The minimum atomic E-state index is -0.409. The van der Waals surface area contributed by atoms with Crippen LogP contribution in [0.5, 0.6) is 11.5 Å². The van der Waals surface area contributed by atoms with Crippen LogP contribution in [0.3, 0.4) is 0 Å². The molecule has 0 saturated heterocycles. The molecule has 0 spiro atoms. The van der Waals surface area contributed by atoms with E-state index in [2.05, 4.69) is 5.32 Å². The minimum Gasteiger partial charge on any atom is -0.497 e. The van der Waals surface area contributed by atoms with Gasteiger partial charge < -0.3 is 19.5 Å². The van der Waals surface area contributed by atoms with Crippen molar-refractivity contribution in [2.24, 2.45) is 5.92 Å². The highest BCUT2D eigenvalue weighted by Gasteiger charge is 2.21. The van der Waals surface area contributed by atoms with Crippen molar-refractivity contribution < 1.29 is 23.8 Å². The second-order valence-corrected chi connectivity index (χ2v) is 5.20. The van der Waals surface area contributed by atoms with Gasteiger partial charge in [0.15, 0.2) is 6.61 Å². The van der Waals surface area contributed by atoms with E-state index in [4.69, 9.17) is 14.2 Å². The fourth-order valence-corrected chi connectivity index (χ4v) is 2.35. The molecule has 0 aliphatic heterocycles. The van der Waals surface area contributed by atoms with Crippen LogP contribution in [-0.4, -0.2) is 32.7 Å². The number of hydrogen-bond donors (Lipinski definition) is 1. The second kappa shape index (κ2) is 8.22. The summed E-state index contributed by atoms with van der Waals surface area (Å²) in [6.45, 7) is -0.311. The van der Waals surface area contributed by atoms with Crippen molar-refractivity contribution in [2.45, 2.75) is 19.3 Å². The summed E-state index contributed by atoms with van der Waals surface area (Å²) in [7, 11) is 3.05. The first kappa shape index (κ1) is 16.9. The molecule has 1 aliphatic carbocycles. The molecule has 0 bridgehead atoms. The van der Waals surface area contributed by atoms with Crippen LogP contribution in [0, 0.1) is 5.92 Å². The molecule has 0 fully saturated rings. The molecule has 6 nitrogen and oxygen atoms in total. The summed E-state index contributed by atoms with van der Waals surface area (Å²) in [6, 6.07) is 5.04. The van der Waals surface area contributed by atoms with E-state index in [1.165, 1.54) is 7.11 Å². The molecule has 0 aromatic heterocycles. The smallest absolute Gasteiger partial charge is 0.309 e. The van der Waals surface area contributed by atoms with Crippen molar-refractivity contribution in [1.29, 1.82) is 0 Å². The lowest BCUT2D eigenvalue weighted by atomic mass is 9.95. The number of carbonyl (C=O) groups is 2. The van der Waals surface area contributed by atoms with Gasteiger partial charge in [0.05, 0.1) is 25.8 Å². The number of rotatable bonds is 6. The number of hydrogen-bond acceptors (Lipinski definition) is 5. The topological polar surface area (TPSA) is 73.9 Å². The van der Waals surface area contributed by atoms with Gasteiger partial charge in [-0.3, -0.25) is 9.59 Å². The van der Waals surface area contributed by atoms with Crippen LogP contribution in [0.15, 0.2) is 30.4 Å². The Morgan fingerprint density at radius 3 is 2.70 bits per heavy atom. The predicted octanol–water partition coefficient (Wildman–Crippen LogP) is 2.54. The zero-order valence-corrected chi connectivity index (χ0v) is 13.3. The lowest BCUT2D eigenvalue weighted by Crippen LogP contribution is -2.25. The molecule has 1 aromatic rings. The van der Waals surface area contributed by atoms with Gasteiger partial charge in [-0.2, -0.15) is 0 Å². The van der Waals surface area contributed by atoms with Gasteiger partial charge in [0.1, 0.15) is 11.5 Å². The number of nitrogens with one attached hydrogen (secondary N) is 1. The van der Waals surface area contributed by atoms with E-state index in [0.29, 0.717) is 23.6 Å². The molecule has 0 saturated carbocycles. The number of ether oxygens (including phenoxy) is 3. The Kier molecular flexibility index (Phi) is 6.02. The van der Waals surface area contributed by atoms with Gasteiger partial charge in [0.25, 0.3) is 5.91 Å². The second-order valence-electron chi connectivity index (χ2n) is 5.20. The lowest BCUT2D eigenvalue weighted by molar-refractivity contribution is -0.151. The highest BCUT2D eigenvalue weighted by atomic mass is 16.5. The van der Waals surface area contributed by atoms with Crippen LogP contribution in [0.25, 0.3) is 0 Å². The molecule has 1 aromatic carbocycles. The van der Waals surface area contributed by atoms with Gasteiger partial charge in [-0.05, 0) is 31.4 Å². The van der Waals surface area contributed by atoms with Gasteiger partial charge in [-0.1, -0.05) is 12.2 Å². The number of methoxy groups -OCH3 is 2. The molecule has 1 N–H and O–H groups in total. The van der Waals surface area contributed by atoms with Crippen LogP contribution in [0.1, 0.15) is 19.3 Å². The van der Waals surface area contributed by atoms with Gasteiger partial charge >= 0.3 is 5.97 Å². The number of anilines is 1. The Labute approximate surface area is 135 Å². The van der Waals surface area contributed by atoms with Gasteiger partial charge in [-0.15, -0.1) is 0 Å². The minimum absolute atomic E-state index is 0.150. The van der Waals surface area contributed by atoms with E-state index >= 15 is 0 Å². The van der Waals surface area contributed by atoms with Crippen LogP contribution < -0.4 is 14.8 Å². The van der Waals surface area contributed by atoms with E-state index in [1.54, 1.807) is 25.3 Å². The first-order chi connectivity index (χ1) is 11.1. The van der Waals surface area contributed by atoms with Crippen LogP contribution in [-0.2, 0) is 14.3 Å². The summed E-state index contributed by atoms with van der Waals surface area (Å²) in [4.78, 5) is 23.8. The zero-order valence-electron chi connectivity index (χ0n) is 13.3. The molecule has 0 radical (unpaired) electrons. The molecule has 1 aliphatic rings. The summed E-state index contributed by atoms with van der Waals surface area (Å²) in [5.41, 5.74) is 0.495. The Morgan fingerprint density at radius 2 is 2.04 bits per heavy atom. The fraction of sp³-hybridized carbons (Fsp3) is 0.412. The number of allylic oxidation sites excluding steroid dienone is 2. The van der Waals surface area contributed by atoms with E-state index in [9.17, 15) is 9.59 Å². The Bertz CT molecular complexity index is 597. The SMILES string of the molecule is COc1ccc(NC(=O)COC(=O)[C@H]2CC=CCC2)c(OC)c1. The Balaban J connectivity index is 1.87. The molecule has 0 heterocycles. The number of amides is 1. The van der Waals surface area contributed by atoms with E-state index in [1.807, 2.05) is 12.2 Å². The average Bonchev–Trinajstić information content (AvgIpc) is 2.60. The van der Waals surface area contributed by atoms with E-state index < -0.39 is 5.91 Å². The maximum Gasteiger partial charge on any atom is 0.309 e. The van der Waals surface area contributed by atoms with Crippen molar-refractivity contribution in [2.75, 3.05) is 26.1 Å². The maximum absolute atomic E-state index is 11.9. The van der Waals surface area contributed by atoms with Gasteiger partial charge in [0, 0.05) is 6.07 Å². The van der Waals surface area contributed by atoms with Crippen LogP contribution in [0.4, 0.5) is 5.69 Å². The predicted molar refractivity (Wildman–Crippen MR) is 85.6 cm³/mol. The van der Waals surface area contributed by atoms with Crippen LogP contribution >= 0.6 is 0 Å². The first-order valence-corrected chi connectivity index (χ1v) is 7.47. The van der Waals surface area contributed by atoms with Gasteiger partial charge in [-0.25, -0.2) is 0 Å². The standard InChI is InChI=1S/C17H21NO5/c1-21-13-8-9-14(15(10-13)22-2)18-16(19)11-23-17(20)12-6-4-3-5-7-12/h3-4,8-10,12H,5-7,11H2,1-2H3,(H,18,19)/t12-/m0/s1. The molecule has 124 valence electrons. The van der Waals surface area contributed by atoms with Gasteiger partial charge in [0.2, 0.25) is 0 Å². The normalized spacial score (nSPS) is 16.5. The highest BCUT2D eigenvalue weighted by molar-refractivity contribution is 5.94. The fourth-order valence-electron chi connectivity index (χ4n) is 2.35. The Hall–Kier alpha value is -2.50. The quantitative estimate of drug-likeness (QED) is 0.644. The third kappa shape index (κ3) is 4.74. The van der Waals surface area contributed by atoms with E-state index in [0.717, 1.165) is 12.8 Å². The monoisotopic (exact) mass is 319 g/mol. The zero-order chi connectivity index (χ0) is 16.7. The first-order valence-electron chi connectivity index (χ1n) is 7.47. The molecule has 2 rings (SSSR count). The number of esters is 1. The summed E-state index contributed by atoms with van der Waals surface area (Å²) in [5.74, 6) is 0.209. The Morgan fingerprint density at radius 1 is 1.22 bits per heavy atom. The van der Waals surface area contributed by atoms with E-state index in [-0.39, 0.29) is 18.5 Å². The summed E-state index contributed by atoms with van der Waals surface area (Å²) >= 11 is 0. The molecule has 1 amide bonds. The van der Waals surface area contributed by atoms with Crippen LogP contribution in [0.2, 0.25) is 0 Å². The molecule has 0 unspecified atom stereocenters. The van der Waals surface area contributed by atoms with Crippen molar-refractivity contribution in [3.63, 3.8) is 0 Å². The van der Waals surface area contributed by atoms with Crippen molar-refractivity contribution in [3.8, 4) is 11.5 Å². The molecule has 23 heavy (non-hydrogen) atoms. The average molecular weight is 319 g/mol.